The number of rotatable bonds is 3. The van der Waals surface area contributed by atoms with Crippen molar-refractivity contribution in [1.29, 1.82) is 0 Å². The third-order valence-electron chi connectivity index (χ3n) is 2.26. The van der Waals surface area contributed by atoms with Gasteiger partial charge in [0.1, 0.15) is 6.04 Å². The van der Waals surface area contributed by atoms with Crippen LogP contribution < -0.4 is 11.1 Å². The summed E-state index contributed by atoms with van der Waals surface area (Å²) in [6.45, 7) is 1.34. The molecular weight excluding hydrogens is 329 g/mol. The molecule has 0 spiro atoms. The Morgan fingerprint density at radius 2 is 1.89 bits per heavy atom. The standard InChI is InChI=1S/C11H10BrF3N2O2/c1-5(9(16)18)17-10(19)6-2-7(11(13,14)15)4-8(12)3-6/h2-5H,1H3,(H2,16,18)(H,17,19)/t5-/m0/s1. The predicted octanol–water partition coefficient (Wildman–Crippen LogP) is 2.07. The van der Waals surface area contributed by atoms with E-state index in [1.807, 2.05) is 0 Å². The monoisotopic (exact) mass is 338 g/mol. The number of nitrogens with two attached hydrogens (primary N) is 1. The molecule has 0 aromatic heterocycles. The number of hydrogen-bond acceptors (Lipinski definition) is 2. The van der Waals surface area contributed by atoms with Crippen LogP contribution in [0.3, 0.4) is 0 Å². The normalized spacial score (nSPS) is 12.9. The van der Waals surface area contributed by atoms with Crippen LogP contribution in [0.25, 0.3) is 0 Å². The minimum absolute atomic E-state index is 0.110. The van der Waals surface area contributed by atoms with Crippen LogP contribution in [0, 0.1) is 0 Å². The highest BCUT2D eigenvalue weighted by molar-refractivity contribution is 9.10. The number of amides is 2. The molecule has 0 bridgehead atoms. The lowest BCUT2D eigenvalue weighted by Crippen LogP contribution is -2.42. The molecular formula is C11H10BrF3N2O2. The number of primary amides is 1. The number of benzene rings is 1. The van der Waals surface area contributed by atoms with Gasteiger partial charge in [-0.1, -0.05) is 15.9 Å². The van der Waals surface area contributed by atoms with Gasteiger partial charge in [-0.2, -0.15) is 13.2 Å². The van der Waals surface area contributed by atoms with Gasteiger partial charge in [-0.15, -0.1) is 0 Å². The Bertz CT molecular complexity index is 517. The SMILES string of the molecule is C[C@H](NC(=O)c1cc(Br)cc(C(F)(F)F)c1)C(N)=O. The number of hydrogen-bond donors (Lipinski definition) is 2. The molecule has 1 aromatic carbocycles. The molecule has 1 atom stereocenters. The predicted molar refractivity (Wildman–Crippen MR) is 65.3 cm³/mol. The van der Waals surface area contributed by atoms with Crippen molar-refractivity contribution in [3.05, 3.63) is 33.8 Å². The molecule has 0 heterocycles. The van der Waals surface area contributed by atoms with Crippen LogP contribution in [0.1, 0.15) is 22.8 Å². The number of nitrogens with one attached hydrogen (secondary N) is 1. The van der Waals surface area contributed by atoms with Gasteiger partial charge in [-0.25, -0.2) is 0 Å². The quantitative estimate of drug-likeness (QED) is 0.885. The van der Waals surface area contributed by atoms with Gasteiger partial charge in [0.05, 0.1) is 5.56 Å². The van der Waals surface area contributed by atoms with Crippen molar-refractivity contribution >= 4 is 27.7 Å². The van der Waals surface area contributed by atoms with E-state index in [-0.39, 0.29) is 10.0 Å². The summed E-state index contributed by atoms with van der Waals surface area (Å²) in [7, 11) is 0. The van der Waals surface area contributed by atoms with Gasteiger partial charge < -0.3 is 11.1 Å². The zero-order valence-corrected chi connectivity index (χ0v) is 11.3. The molecule has 0 aliphatic heterocycles. The molecule has 0 saturated heterocycles. The highest BCUT2D eigenvalue weighted by Gasteiger charge is 2.31. The second-order valence-electron chi connectivity index (χ2n) is 3.82. The van der Waals surface area contributed by atoms with Crippen molar-refractivity contribution in [2.45, 2.75) is 19.1 Å². The average Bonchev–Trinajstić information content (AvgIpc) is 2.26. The smallest absolute Gasteiger partial charge is 0.368 e. The van der Waals surface area contributed by atoms with Crippen molar-refractivity contribution in [3.63, 3.8) is 0 Å². The summed E-state index contributed by atoms with van der Waals surface area (Å²) in [6, 6.07) is 1.81. The topological polar surface area (TPSA) is 72.2 Å². The Hall–Kier alpha value is -1.57. The van der Waals surface area contributed by atoms with E-state index in [1.165, 1.54) is 13.0 Å². The lowest BCUT2D eigenvalue weighted by Gasteiger charge is -2.12. The molecule has 2 amide bonds. The highest BCUT2D eigenvalue weighted by atomic mass is 79.9. The largest absolute Gasteiger partial charge is 0.416 e. The molecule has 104 valence electrons. The summed E-state index contributed by atoms with van der Waals surface area (Å²) >= 11 is 2.90. The summed E-state index contributed by atoms with van der Waals surface area (Å²) in [5.41, 5.74) is 3.78. The fourth-order valence-corrected chi connectivity index (χ4v) is 1.73. The van der Waals surface area contributed by atoms with Crippen LogP contribution in [0.2, 0.25) is 0 Å². The average molecular weight is 339 g/mol. The molecule has 4 nitrogen and oxygen atoms in total. The lowest BCUT2D eigenvalue weighted by atomic mass is 10.1. The van der Waals surface area contributed by atoms with Crippen LogP contribution in [-0.4, -0.2) is 17.9 Å². The second-order valence-corrected chi connectivity index (χ2v) is 4.74. The van der Waals surface area contributed by atoms with E-state index in [4.69, 9.17) is 5.73 Å². The number of carbonyl (C=O) groups is 2. The molecule has 1 aromatic rings. The van der Waals surface area contributed by atoms with Crippen molar-refractivity contribution in [1.82, 2.24) is 5.32 Å². The van der Waals surface area contributed by atoms with Crippen LogP contribution in [-0.2, 0) is 11.0 Å². The zero-order chi connectivity index (χ0) is 14.8. The van der Waals surface area contributed by atoms with Crippen LogP contribution >= 0.6 is 15.9 Å². The fourth-order valence-electron chi connectivity index (χ4n) is 1.24. The first kappa shape index (κ1) is 15.5. The van der Waals surface area contributed by atoms with E-state index < -0.39 is 29.6 Å². The first-order valence-corrected chi connectivity index (χ1v) is 5.88. The molecule has 1 rings (SSSR count). The van der Waals surface area contributed by atoms with E-state index in [1.54, 1.807) is 0 Å². The highest BCUT2D eigenvalue weighted by Crippen LogP contribution is 2.31. The second kappa shape index (κ2) is 5.60. The Kier molecular flexibility index (Phi) is 4.56. The Morgan fingerprint density at radius 3 is 2.37 bits per heavy atom. The Morgan fingerprint density at radius 1 is 1.32 bits per heavy atom. The maximum atomic E-state index is 12.6. The van der Waals surface area contributed by atoms with Gasteiger partial charge >= 0.3 is 6.18 Å². The van der Waals surface area contributed by atoms with E-state index in [2.05, 4.69) is 21.2 Å². The van der Waals surface area contributed by atoms with E-state index in [0.29, 0.717) is 6.07 Å². The van der Waals surface area contributed by atoms with Crippen molar-refractivity contribution in [2.75, 3.05) is 0 Å². The molecule has 0 aliphatic rings. The van der Waals surface area contributed by atoms with Gasteiger partial charge in [-0.3, -0.25) is 9.59 Å². The molecule has 0 fully saturated rings. The van der Waals surface area contributed by atoms with Crippen LogP contribution in [0.5, 0.6) is 0 Å². The third kappa shape index (κ3) is 4.23. The van der Waals surface area contributed by atoms with Crippen LogP contribution in [0.15, 0.2) is 22.7 Å². The summed E-state index contributed by atoms with van der Waals surface area (Å²) in [4.78, 5) is 22.5. The number of carbonyl (C=O) groups excluding carboxylic acids is 2. The minimum atomic E-state index is -4.56. The lowest BCUT2D eigenvalue weighted by molar-refractivity contribution is -0.137. The van der Waals surface area contributed by atoms with E-state index >= 15 is 0 Å². The summed E-state index contributed by atoms with van der Waals surface area (Å²) in [5, 5.41) is 2.20. The Balaban J connectivity index is 3.04. The third-order valence-corrected chi connectivity index (χ3v) is 2.72. The first-order valence-electron chi connectivity index (χ1n) is 5.09. The summed E-state index contributed by atoms with van der Waals surface area (Å²) in [5.74, 6) is -1.59. The first-order chi connectivity index (χ1) is 8.61. The molecule has 0 unspecified atom stereocenters. The van der Waals surface area contributed by atoms with Crippen molar-refractivity contribution < 1.29 is 22.8 Å². The molecule has 0 saturated carbocycles. The van der Waals surface area contributed by atoms with Crippen molar-refractivity contribution in [3.8, 4) is 0 Å². The van der Waals surface area contributed by atoms with Gasteiger partial charge in [0.15, 0.2) is 0 Å². The minimum Gasteiger partial charge on any atom is -0.368 e. The van der Waals surface area contributed by atoms with E-state index in [9.17, 15) is 22.8 Å². The molecule has 0 aliphatic carbocycles. The maximum Gasteiger partial charge on any atom is 0.416 e. The molecule has 19 heavy (non-hydrogen) atoms. The Labute approximate surface area is 115 Å². The van der Waals surface area contributed by atoms with E-state index in [0.717, 1.165) is 6.07 Å². The maximum absolute atomic E-state index is 12.6. The van der Waals surface area contributed by atoms with Gasteiger partial charge in [0.2, 0.25) is 5.91 Å². The number of alkyl halides is 3. The number of halogens is 4. The molecule has 0 radical (unpaired) electrons. The molecule has 3 N–H and O–H groups in total. The van der Waals surface area contributed by atoms with Crippen LogP contribution in [0.4, 0.5) is 13.2 Å². The summed E-state index contributed by atoms with van der Waals surface area (Å²) in [6.07, 6.45) is -4.56. The van der Waals surface area contributed by atoms with Gasteiger partial charge in [0.25, 0.3) is 5.91 Å². The zero-order valence-electron chi connectivity index (χ0n) is 9.72. The van der Waals surface area contributed by atoms with Gasteiger partial charge in [-0.05, 0) is 25.1 Å². The van der Waals surface area contributed by atoms with Gasteiger partial charge in [0, 0.05) is 10.0 Å². The van der Waals surface area contributed by atoms with Crippen molar-refractivity contribution in [2.24, 2.45) is 5.73 Å². The fraction of sp³-hybridized carbons (Fsp3) is 0.273. The molecule has 8 heteroatoms. The summed E-state index contributed by atoms with van der Waals surface area (Å²) < 4.78 is 37.8.